The normalized spacial score (nSPS) is 23.4. The van der Waals surface area contributed by atoms with Crippen LogP contribution in [0.4, 0.5) is 0 Å². The second-order valence-electron chi connectivity index (χ2n) is 6.70. The van der Waals surface area contributed by atoms with E-state index in [1.54, 1.807) is 0 Å². The fourth-order valence-corrected chi connectivity index (χ4v) is 3.47. The molecule has 4 heteroatoms. The lowest BCUT2D eigenvalue weighted by Crippen LogP contribution is -2.35. The molecular weight excluding hydrogens is 284 g/mol. The molecule has 3 nitrogen and oxygen atoms in total. The Kier molecular flexibility index (Phi) is 3.74. The smallest absolute Gasteiger partial charge is 0.127 e. The van der Waals surface area contributed by atoms with E-state index < -0.39 is 0 Å². The van der Waals surface area contributed by atoms with E-state index in [0.717, 1.165) is 30.8 Å². The summed E-state index contributed by atoms with van der Waals surface area (Å²) in [6.07, 6.45) is 2.00. The van der Waals surface area contributed by atoms with E-state index in [2.05, 4.69) is 43.5 Å². The van der Waals surface area contributed by atoms with Crippen molar-refractivity contribution < 1.29 is 4.74 Å². The number of hydrogen-bond donors (Lipinski definition) is 0. The van der Waals surface area contributed by atoms with Crippen molar-refractivity contribution in [1.29, 1.82) is 0 Å². The summed E-state index contributed by atoms with van der Waals surface area (Å²) in [6, 6.07) is 6.85. The van der Waals surface area contributed by atoms with Gasteiger partial charge >= 0.3 is 0 Å². The minimum absolute atomic E-state index is 0.0863. The lowest BCUT2D eigenvalue weighted by molar-refractivity contribution is -0.0688. The molecule has 2 aromatic rings. The first-order valence-corrected chi connectivity index (χ1v) is 8.07. The summed E-state index contributed by atoms with van der Waals surface area (Å²) in [5.74, 6) is 0.972. The van der Waals surface area contributed by atoms with Crippen molar-refractivity contribution in [2.45, 2.75) is 57.6 Å². The van der Waals surface area contributed by atoms with Crippen molar-refractivity contribution in [3.63, 3.8) is 0 Å². The van der Waals surface area contributed by atoms with E-state index in [0.29, 0.717) is 6.04 Å². The molecule has 0 radical (unpaired) electrons. The van der Waals surface area contributed by atoms with Gasteiger partial charge in [-0.3, -0.25) is 0 Å². The third-order valence-electron chi connectivity index (χ3n) is 4.26. The minimum atomic E-state index is -0.0938. The molecule has 0 N–H and O–H groups in total. The highest BCUT2D eigenvalue weighted by Crippen LogP contribution is 2.37. The van der Waals surface area contributed by atoms with Crippen LogP contribution in [0.3, 0.4) is 0 Å². The number of fused-ring (bicyclic) bond motifs is 1. The average Bonchev–Trinajstić information content (AvgIpc) is 2.76. The molecule has 3 rings (SSSR count). The molecule has 2 atom stereocenters. The van der Waals surface area contributed by atoms with Crippen LogP contribution in [-0.4, -0.2) is 21.8 Å². The van der Waals surface area contributed by atoms with Gasteiger partial charge in [0.1, 0.15) is 5.82 Å². The predicted octanol–water partition coefficient (Wildman–Crippen LogP) is 4.77. The van der Waals surface area contributed by atoms with Crippen LogP contribution in [0, 0.1) is 6.92 Å². The molecule has 0 saturated carbocycles. The monoisotopic (exact) mass is 306 g/mol. The Hall–Kier alpha value is -1.06. The first kappa shape index (κ1) is 14.9. The molecule has 0 amide bonds. The Balaban J connectivity index is 2.13. The van der Waals surface area contributed by atoms with E-state index in [-0.39, 0.29) is 11.0 Å². The Labute approximate surface area is 131 Å². The number of benzene rings is 1. The fraction of sp³-hybridized carbons (Fsp3) is 0.588. The van der Waals surface area contributed by atoms with Gasteiger partial charge in [0.25, 0.3) is 0 Å². The summed E-state index contributed by atoms with van der Waals surface area (Å²) in [4.78, 5) is 4.79. The van der Waals surface area contributed by atoms with Gasteiger partial charge in [0.2, 0.25) is 0 Å². The van der Waals surface area contributed by atoms with Gasteiger partial charge < -0.3 is 9.30 Å². The highest BCUT2D eigenvalue weighted by molar-refractivity contribution is 6.20. The van der Waals surface area contributed by atoms with E-state index in [1.165, 1.54) is 11.1 Å². The predicted molar refractivity (Wildman–Crippen MR) is 87.0 cm³/mol. The second-order valence-corrected chi connectivity index (χ2v) is 7.36. The van der Waals surface area contributed by atoms with E-state index in [4.69, 9.17) is 21.3 Å². The summed E-state index contributed by atoms with van der Waals surface area (Å²) in [6.45, 7) is 9.20. The molecule has 1 aliphatic rings. The zero-order valence-electron chi connectivity index (χ0n) is 13.2. The third kappa shape index (κ3) is 2.82. The standard InChI is InChI=1S/C17H23ClN2O/c1-11-5-6-15-14(9-11)19-16(12(2)18)20(15)13-7-8-21-17(3,4)10-13/h5-6,9,12-13H,7-8,10H2,1-4H3. The largest absolute Gasteiger partial charge is 0.375 e. The van der Waals surface area contributed by atoms with E-state index in [1.807, 2.05) is 6.92 Å². The lowest BCUT2D eigenvalue weighted by Gasteiger charge is -2.37. The molecule has 114 valence electrons. The summed E-state index contributed by atoms with van der Waals surface area (Å²) < 4.78 is 8.20. The van der Waals surface area contributed by atoms with E-state index >= 15 is 0 Å². The lowest BCUT2D eigenvalue weighted by atomic mass is 9.93. The van der Waals surface area contributed by atoms with Crippen LogP contribution in [-0.2, 0) is 4.74 Å². The summed E-state index contributed by atoms with van der Waals surface area (Å²) in [5, 5.41) is -0.0938. The topological polar surface area (TPSA) is 27.1 Å². The molecular formula is C17H23ClN2O. The molecule has 1 fully saturated rings. The van der Waals surface area contributed by atoms with Gasteiger partial charge in [-0.25, -0.2) is 4.98 Å². The van der Waals surface area contributed by atoms with Gasteiger partial charge in [0, 0.05) is 12.6 Å². The molecule has 2 unspecified atom stereocenters. The number of nitrogens with zero attached hydrogens (tertiary/aromatic N) is 2. The van der Waals surface area contributed by atoms with Crippen molar-refractivity contribution in [1.82, 2.24) is 9.55 Å². The number of alkyl halides is 1. The molecule has 2 heterocycles. The van der Waals surface area contributed by atoms with Crippen molar-refractivity contribution in [2.75, 3.05) is 6.61 Å². The summed E-state index contributed by atoms with van der Waals surface area (Å²) in [7, 11) is 0. The Morgan fingerprint density at radius 1 is 1.43 bits per heavy atom. The maximum atomic E-state index is 6.40. The minimum Gasteiger partial charge on any atom is -0.375 e. The number of rotatable bonds is 2. The number of aromatic nitrogens is 2. The first-order valence-electron chi connectivity index (χ1n) is 7.64. The van der Waals surface area contributed by atoms with Gasteiger partial charge in [0.15, 0.2) is 0 Å². The van der Waals surface area contributed by atoms with Gasteiger partial charge in [0.05, 0.1) is 22.0 Å². The maximum absolute atomic E-state index is 6.40. The van der Waals surface area contributed by atoms with E-state index in [9.17, 15) is 0 Å². The molecule has 1 aliphatic heterocycles. The number of halogens is 1. The zero-order chi connectivity index (χ0) is 15.2. The van der Waals surface area contributed by atoms with Crippen LogP contribution in [0.15, 0.2) is 18.2 Å². The molecule has 0 bridgehead atoms. The van der Waals surface area contributed by atoms with Crippen molar-refractivity contribution >= 4 is 22.6 Å². The summed E-state index contributed by atoms with van der Waals surface area (Å²) >= 11 is 6.40. The number of ether oxygens (including phenoxy) is 1. The zero-order valence-corrected chi connectivity index (χ0v) is 13.9. The molecule has 1 aromatic carbocycles. The van der Waals surface area contributed by atoms with Crippen molar-refractivity contribution in [3.8, 4) is 0 Å². The van der Waals surface area contributed by atoms with Crippen LogP contribution in [0.25, 0.3) is 11.0 Å². The van der Waals surface area contributed by atoms with Crippen molar-refractivity contribution in [2.24, 2.45) is 0 Å². The van der Waals surface area contributed by atoms with Crippen LogP contribution in [0.5, 0.6) is 0 Å². The Morgan fingerprint density at radius 3 is 2.86 bits per heavy atom. The number of imidazole rings is 1. The van der Waals surface area contributed by atoms with Crippen LogP contribution in [0.1, 0.15) is 56.4 Å². The highest BCUT2D eigenvalue weighted by atomic mass is 35.5. The van der Waals surface area contributed by atoms with Crippen LogP contribution < -0.4 is 0 Å². The average molecular weight is 307 g/mol. The molecule has 0 spiro atoms. The SMILES string of the molecule is Cc1ccc2c(c1)nc(C(C)Cl)n2C1CCOC(C)(C)C1. The maximum Gasteiger partial charge on any atom is 0.127 e. The Bertz CT molecular complexity index is 660. The van der Waals surface area contributed by atoms with Gasteiger partial charge in [-0.15, -0.1) is 11.6 Å². The van der Waals surface area contributed by atoms with Crippen LogP contribution in [0.2, 0.25) is 0 Å². The molecule has 21 heavy (non-hydrogen) atoms. The highest BCUT2D eigenvalue weighted by Gasteiger charge is 2.32. The van der Waals surface area contributed by atoms with Crippen LogP contribution >= 0.6 is 11.6 Å². The second kappa shape index (κ2) is 5.29. The first-order chi connectivity index (χ1) is 9.87. The third-order valence-corrected chi connectivity index (χ3v) is 4.46. The van der Waals surface area contributed by atoms with Gasteiger partial charge in [-0.1, -0.05) is 6.07 Å². The molecule has 1 aromatic heterocycles. The quantitative estimate of drug-likeness (QED) is 0.747. The van der Waals surface area contributed by atoms with Crippen molar-refractivity contribution in [3.05, 3.63) is 29.6 Å². The fourth-order valence-electron chi connectivity index (χ4n) is 3.31. The molecule has 0 aliphatic carbocycles. The van der Waals surface area contributed by atoms with Gasteiger partial charge in [-0.05, 0) is 58.2 Å². The summed E-state index contributed by atoms with van der Waals surface area (Å²) in [5.41, 5.74) is 3.37. The molecule has 1 saturated heterocycles. The Morgan fingerprint density at radius 2 is 2.19 bits per heavy atom. The number of aryl methyl sites for hydroxylation is 1. The van der Waals surface area contributed by atoms with Gasteiger partial charge in [-0.2, -0.15) is 0 Å². The number of hydrogen-bond acceptors (Lipinski definition) is 2.